The molecule has 0 saturated heterocycles. The SMILES string of the molecule is CCOC1CC(NS(=O)(=O)c2cc(C(=O)O)ccc2C)C1. The van der Waals surface area contributed by atoms with E-state index in [-0.39, 0.29) is 22.6 Å². The molecule has 2 N–H and O–H groups in total. The number of benzene rings is 1. The maximum Gasteiger partial charge on any atom is 0.335 e. The number of sulfonamides is 1. The lowest BCUT2D eigenvalue weighted by Gasteiger charge is -2.35. The Morgan fingerprint density at radius 3 is 2.67 bits per heavy atom. The molecule has 0 amide bonds. The molecule has 0 atom stereocenters. The molecule has 1 aliphatic rings. The maximum absolute atomic E-state index is 12.4. The number of hydrogen-bond acceptors (Lipinski definition) is 4. The van der Waals surface area contributed by atoms with Crippen molar-refractivity contribution < 1.29 is 23.1 Å². The van der Waals surface area contributed by atoms with Crippen LogP contribution in [-0.2, 0) is 14.8 Å². The first-order valence-electron chi connectivity index (χ1n) is 6.81. The molecule has 0 spiro atoms. The van der Waals surface area contributed by atoms with E-state index in [9.17, 15) is 13.2 Å². The predicted octanol–water partition coefficient (Wildman–Crippen LogP) is 1.54. The highest BCUT2D eigenvalue weighted by molar-refractivity contribution is 7.89. The summed E-state index contributed by atoms with van der Waals surface area (Å²) in [6.07, 6.45) is 1.39. The molecule has 21 heavy (non-hydrogen) atoms. The first kappa shape index (κ1) is 15.9. The predicted molar refractivity (Wildman–Crippen MR) is 76.9 cm³/mol. The number of ether oxygens (including phenoxy) is 1. The van der Waals surface area contributed by atoms with Gasteiger partial charge < -0.3 is 9.84 Å². The highest BCUT2D eigenvalue weighted by Crippen LogP contribution is 2.26. The third kappa shape index (κ3) is 3.61. The van der Waals surface area contributed by atoms with Crippen molar-refractivity contribution in [2.45, 2.75) is 43.7 Å². The zero-order valence-corrected chi connectivity index (χ0v) is 12.8. The number of hydrogen-bond donors (Lipinski definition) is 2. The summed E-state index contributed by atoms with van der Waals surface area (Å²) in [5.41, 5.74) is 0.481. The lowest BCUT2D eigenvalue weighted by molar-refractivity contribution is -0.00476. The Labute approximate surface area is 124 Å². The third-order valence-electron chi connectivity index (χ3n) is 3.54. The Kier molecular flexibility index (Phi) is 4.65. The zero-order valence-electron chi connectivity index (χ0n) is 12.0. The summed E-state index contributed by atoms with van der Waals surface area (Å²) in [6.45, 7) is 4.16. The van der Waals surface area contributed by atoms with E-state index in [1.54, 1.807) is 6.92 Å². The first-order chi connectivity index (χ1) is 9.83. The van der Waals surface area contributed by atoms with Gasteiger partial charge in [0.15, 0.2) is 0 Å². The van der Waals surface area contributed by atoms with Crippen LogP contribution in [0.25, 0.3) is 0 Å². The van der Waals surface area contributed by atoms with Gasteiger partial charge in [-0.15, -0.1) is 0 Å². The lowest BCUT2D eigenvalue weighted by atomic mass is 9.90. The summed E-state index contributed by atoms with van der Waals surface area (Å²) in [6, 6.07) is 3.94. The molecule has 1 aromatic carbocycles. The normalized spacial score (nSPS) is 21.8. The molecule has 6 nitrogen and oxygen atoms in total. The average Bonchev–Trinajstić information content (AvgIpc) is 2.36. The van der Waals surface area contributed by atoms with Crippen LogP contribution in [0.5, 0.6) is 0 Å². The van der Waals surface area contributed by atoms with E-state index in [2.05, 4.69) is 4.72 Å². The van der Waals surface area contributed by atoms with Crippen LogP contribution in [-0.4, -0.2) is 38.2 Å². The van der Waals surface area contributed by atoms with Crippen LogP contribution >= 0.6 is 0 Å². The van der Waals surface area contributed by atoms with Crippen molar-refractivity contribution in [3.05, 3.63) is 29.3 Å². The topological polar surface area (TPSA) is 92.7 Å². The van der Waals surface area contributed by atoms with Crippen molar-refractivity contribution >= 4 is 16.0 Å². The highest BCUT2D eigenvalue weighted by Gasteiger charge is 2.33. The van der Waals surface area contributed by atoms with Crippen molar-refractivity contribution in [2.75, 3.05) is 6.61 Å². The van der Waals surface area contributed by atoms with E-state index in [0.717, 1.165) is 0 Å². The molecule has 1 aliphatic carbocycles. The molecule has 7 heteroatoms. The Morgan fingerprint density at radius 1 is 1.43 bits per heavy atom. The molecule has 2 rings (SSSR count). The fourth-order valence-corrected chi connectivity index (χ4v) is 3.87. The van der Waals surface area contributed by atoms with Crippen molar-refractivity contribution in [3.8, 4) is 0 Å². The van der Waals surface area contributed by atoms with Crippen molar-refractivity contribution in [2.24, 2.45) is 0 Å². The number of nitrogens with one attached hydrogen (secondary N) is 1. The van der Waals surface area contributed by atoms with E-state index >= 15 is 0 Å². The van der Waals surface area contributed by atoms with E-state index in [1.807, 2.05) is 6.92 Å². The second-order valence-corrected chi connectivity index (χ2v) is 6.83. The van der Waals surface area contributed by atoms with Gasteiger partial charge >= 0.3 is 5.97 Å². The molecule has 0 radical (unpaired) electrons. The van der Waals surface area contributed by atoms with E-state index < -0.39 is 16.0 Å². The summed E-state index contributed by atoms with van der Waals surface area (Å²) in [5, 5.41) is 8.97. The quantitative estimate of drug-likeness (QED) is 0.831. The van der Waals surface area contributed by atoms with Gasteiger partial charge in [0.05, 0.1) is 16.6 Å². The van der Waals surface area contributed by atoms with Crippen LogP contribution in [0.2, 0.25) is 0 Å². The minimum Gasteiger partial charge on any atom is -0.478 e. The van der Waals surface area contributed by atoms with Crippen LogP contribution in [0, 0.1) is 6.92 Å². The number of carboxylic acids is 1. The van der Waals surface area contributed by atoms with Gasteiger partial charge in [-0.3, -0.25) is 0 Å². The molecule has 1 saturated carbocycles. The van der Waals surface area contributed by atoms with Gasteiger partial charge in [0.2, 0.25) is 10.0 Å². The monoisotopic (exact) mass is 313 g/mol. The Hall–Kier alpha value is -1.44. The van der Waals surface area contributed by atoms with Gasteiger partial charge in [-0.2, -0.15) is 0 Å². The van der Waals surface area contributed by atoms with Crippen molar-refractivity contribution in [3.63, 3.8) is 0 Å². The number of aryl methyl sites for hydroxylation is 1. The third-order valence-corrected chi connectivity index (χ3v) is 5.21. The second-order valence-electron chi connectivity index (χ2n) is 5.15. The molecule has 0 aliphatic heterocycles. The molecule has 1 aromatic rings. The molecule has 0 unspecified atom stereocenters. The highest BCUT2D eigenvalue weighted by atomic mass is 32.2. The Bertz CT molecular complexity index is 635. The largest absolute Gasteiger partial charge is 0.478 e. The zero-order chi connectivity index (χ0) is 15.6. The first-order valence-corrected chi connectivity index (χ1v) is 8.29. The van der Waals surface area contributed by atoms with Gasteiger partial charge in [-0.05, 0) is 44.4 Å². The van der Waals surface area contributed by atoms with Gasteiger partial charge in [0.1, 0.15) is 0 Å². The van der Waals surface area contributed by atoms with Crippen molar-refractivity contribution in [1.29, 1.82) is 0 Å². The summed E-state index contributed by atoms with van der Waals surface area (Å²) < 4.78 is 32.7. The van der Waals surface area contributed by atoms with Crippen LogP contribution in [0.15, 0.2) is 23.1 Å². The molecule has 1 fully saturated rings. The summed E-state index contributed by atoms with van der Waals surface area (Å²) in [7, 11) is -3.71. The van der Waals surface area contributed by atoms with Crippen LogP contribution in [0.1, 0.15) is 35.7 Å². The van der Waals surface area contributed by atoms with Crippen molar-refractivity contribution in [1.82, 2.24) is 4.72 Å². The van der Waals surface area contributed by atoms with Gasteiger partial charge in [0, 0.05) is 12.6 Å². The minimum atomic E-state index is -3.71. The average molecular weight is 313 g/mol. The van der Waals surface area contributed by atoms with E-state index in [4.69, 9.17) is 9.84 Å². The molecule has 0 aromatic heterocycles. The number of rotatable bonds is 6. The standard InChI is InChI=1S/C14H19NO5S/c1-3-20-12-7-11(8-12)15-21(18,19)13-6-10(14(16)17)5-4-9(13)2/h4-6,11-12,15H,3,7-8H2,1-2H3,(H,16,17). The molecular weight excluding hydrogens is 294 g/mol. The smallest absolute Gasteiger partial charge is 0.335 e. The second kappa shape index (κ2) is 6.13. The van der Waals surface area contributed by atoms with Crippen LogP contribution in [0.4, 0.5) is 0 Å². The van der Waals surface area contributed by atoms with Gasteiger partial charge in [-0.25, -0.2) is 17.9 Å². The summed E-state index contributed by atoms with van der Waals surface area (Å²) >= 11 is 0. The van der Waals surface area contributed by atoms with Crippen LogP contribution in [0.3, 0.4) is 0 Å². The number of aromatic carboxylic acids is 1. The minimum absolute atomic E-state index is 0.0160. The number of carboxylic acid groups (broad SMARTS) is 1. The summed E-state index contributed by atoms with van der Waals surface area (Å²) in [5.74, 6) is -1.15. The number of carbonyl (C=O) groups is 1. The van der Waals surface area contributed by atoms with E-state index in [0.29, 0.717) is 25.0 Å². The Morgan fingerprint density at radius 2 is 2.10 bits per heavy atom. The van der Waals surface area contributed by atoms with Gasteiger partial charge in [0.25, 0.3) is 0 Å². The maximum atomic E-state index is 12.4. The molecular formula is C14H19NO5S. The lowest BCUT2D eigenvalue weighted by Crippen LogP contribution is -2.47. The Balaban J connectivity index is 2.13. The fraction of sp³-hybridized carbons (Fsp3) is 0.500. The fourth-order valence-electron chi connectivity index (χ4n) is 2.34. The molecule has 0 bridgehead atoms. The van der Waals surface area contributed by atoms with Crippen LogP contribution < -0.4 is 4.72 Å². The molecule has 0 heterocycles. The van der Waals surface area contributed by atoms with Gasteiger partial charge in [-0.1, -0.05) is 6.07 Å². The summed E-state index contributed by atoms with van der Waals surface area (Å²) in [4.78, 5) is 11.0. The van der Waals surface area contributed by atoms with E-state index in [1.165, 1.54) is 18.2 Å². The molecule has 116 valence electrons.